The fourth-order valence-corrected chi connectivity index (χ4v) is 4.75. The summed E-state index contributed by atoms with van der Waals surface area (Å²) >= 11 is 1.72. The second-order valence-corrected chi connectivity index (χ2v) is 8.26. The van der Waals surface area contributed by atoms with E-state index < -0.39 is 0 Å². The van der Waals surface area contributed by atoms with E-state index in [9.17, 15) is 0 Å². The highest BCUT2D eigenvalue weighted by Crippen LogP contribution is 2.33. The van der Waals surface area contributed by atoms with Crippen molar-refractivity contribution in [2.45, 2.75) is 25.7 Å². The van der Waals surface area contributed by atoms with Gasteiger partial charge >= 0.3 is 0 Å². The number of aryl methyl sites for hydroxylation is 1. The molecule has 0 radical (unpaired) electrons. The van der Waals surface area contributed by atoms with Crippen LogP contribution in [0.25, 0.3) is 16.9 Å². The Balaban J connectivity index is 1.45. The number of thiazole rings is 1. The average molecular weight is 391 g/mol. The molecule has 1 fully saturated rings. The molecule has 0 aliphatic carbocycles. The highest BCUT2D eigenvalue weighted by Gasteiger charge is 2.18. The summed E-state index contributed by atoms with van der Waals surface area (Å²) in [6.07, 6.45) is 10.0. The van der Waals surface area contributed by atoms with Gasteiger partial charge in [-0.1, -0.05) is 23.8 Å². The first-order valence-electron chi connectivity index (χ1n) is 9.60. The molecule has 0 atom stereocenters. The van der Waals surface area contributed by atoms with Gasteiger partial charge in [-0.05, 0) is 44.8 Å². The standard InChI is InChI=1S/C21H22N6S/c1-14-3-2-4-16(11-14)17-12-24-19(20-23-9-10-27(17)20)26-21-25-13-18(28-21)15-5-7-22-8-6-15/h2-4,9-13,15,22H,5-8H2,1H3,(H,24,25,26). The molecule has 4 aromatic rings. The molecular weight excluding hydrogens is 368 g/mol. The van der Waals surface area contributed by atoms with Gasteiger partial charge in [-0.15, -0.1) is 11.3 Å². The maximum atomic E-state index is 4.66. The molecule has 142 valence electrons. The Bertz CT molecular complexity index is 1110. The van der Waals surface area contributed by atoms with Crippen molar-refractivity contribution in [2.24, 2.45) is 0 Å². The lowest BCUT2D eigenvalue weighted by molar-refractivity contribution is 0.465. The van der Waals surface area contributed by atoms with Crippen LogP contribution in [-0.2, 0) is 0 Å². The molecule has 1 aliphatic heterocycles. The van der Waals surface area contributed by atoms with E-state index >= 15 is 0 Å². The molecule has 1 aliphatic rings. The molecule has 6 nitrogen and oxygen atoms in total. The van der Waals surface area contributed by atoms with Gasteiger partial charge in [-0.3, -0.25) is 4.40 Å². The Morgan fingerprint density at radius 1 is 1.14 bits per heavy atom. The Morgan fingerprint density at radius 3 is 2.89 bits per heavy atom. The number of hydrogen-bond donors (Lipinski definition) is 2. The summed E-state index contributed by atoms with van der Waals surface area (Å²) in [5.41, 5.74) is 4.18. The Hall–Kier alpha value is -2.77. The second kappa shape index (κ2) is 7.33. The average Bonchev–Trinajstić information content (AvgIpc) is 3.39. The number of benzene rings is 1. The summed E-state index contributed by atoms with van der Waals surface area (Å²) in [6, 6.07) is 8.43. The zero-order chi connectivity index (χ0) is 18.9. The highest BCUT2D eigenvalue weighted by molar-refractivity contribution is 7.15. The zero-order valence-corrected chi connectivity index (χ0v) is 16.5. The van der Waals surface area contributed by atoms with Crippen molar-refractivity contribution in [1.82, 2.24) is 24.7 Å². The van der Waals surface area contributed by atoms with Crippen molar-refractivity contribution in [2.75, 3.05) is 18.4 Å². The Morgan fingerprint density at radius 2 is 2.04 bits per heavy atom. The van der Waals surface area contributed by atoms with E-state index in [1.165, 1.54) is 23.3 Å². The van der Waals surface area contributed by atoms with E-state index in [1.54, 1.807) is 11.3 Å². The number of piperidine rings is 1. The third-order valence-corrected chi connectivity index (χ3v) is 6.31. The normalized spacial score (nSPS) is 15.2. The van der Waals surface area contributed by atoms with Crippen LogP contribution in [0.15, 0.2) is 49.1 Å². The van der Waals surface area contributed by atoms with E-state index in [-0.39, 0.29) is 0 Å². The second-order valence-electron chi connectivity index (χ2n) is 7.20. The van der Waals surface area contributed by atoms with Crippen molar-refractivity contribution in [3.63, 3.8) is 0 Å². The van der Waals surface area contributed by atoms with Crippen LogP contribution in [0.2, 0.25) is 0 Å². The van der Waals surface area contributed by atoms with Crippen molar-refractivity contribution in [1.29, 1.82) is 0 Å². The van der Waals surface area contributed by atoms with E-state index in [0.29, 0.717) is 5.92 Å². The number of fused-ring (bicyclic) bond motifs is 1. The third kappa shape index (κ3) is 3.27. The predicted molar refractivity (Wildman–Crippen MR) is 113 cm³/mol. The number of nitrogens with one attached hydrogen (secondary N) is 2. The van der Waals surface area contributed by atoms with Crippen LogP contribution < -0.4 is 10.6 Å². The van der Waals surface area contributed by atoms with Gasteiger partial charge in [0.25, 0.3) is 0 Å². The fraction of sp³-hybridized carbons (Fsp3) is 0.286. The van der Waals surface area contributed by atoms with Crippen LogP contribution in [0.1, 0.15) is 29.2 Å². The molecule has 28 heavy (non-hydrogen) atoms. The summed E-state index contributed by atoms with van der Waals surface area (Å²) in [6.45, 7) is 4.27. The predicted octanol–water partition coefficient (Wildman–Crippen LogP) is 4.37. The number of rotatable bonds is 4. The van der Waals surface area contributed by atoms with Crippen LogP contribution in [0, 0.1) is 6.92 Å². The van der Waals surface area contributed by atoms with Gasteiger partial charge in [-0.2, -0.15) is 0 Å². The van der Waals surface area contributed by atoms with E-state index in [1.807, 2.05) is 24.8 Å². The topological polar surface area (TPSA) is 67.1 Å². The minimum atomic E-state index is 0.609. The summed E-state index contributed by atoms with van der Waals surface area (Å²) in [5.74, 6) is 1.34. The first-order chi connectivity index (χ1) is 13.8. The lowest BCUT2D eigenvalue weighted by Gasteiger charge is -2.20. The van der Waals surface area contributed by atoms with Crippen LogP contribution in [-0.4, -0.2) is 32.4 Å². The van der Waals surface area contributed by atoms with Gasteiger partial charge in [0, 0.05) is 29.0 Å². The van der Waals surface area contributed by atoms with Crippen molar-refractivity contribution < 1.29 is 0 Å². The molecule has 4 heterocycles. The molecule has 5 rings (SSSR count). The molecular formula is C21H22N6S. The SMILES string of the molecule is Cc1cccc(-c2cnc(Nc3ncc(C4CCNCC4)s3)c3nccn23)c1. The van der Waals surface area contributed by atoms with Gasteiger partial charge in [-0.25, -0.2) is 15.0 Å². The first-order valence-corrected chi connectivity index (χ1v) is 10.4. The fourth-order valence-electron chi connectivity index (χ4n) is 3.77. The summed E-state index contributed by atoms with van der Waals surface area (Å²) < 4.78 is 2.07. The molecule has 0 unspecified atom stereocenters. The number of aromatic nitrogens is 4. The summed E-state index contributed by atoms with van der Waals surface area (Å²) in [5, 5.41) is 7.67. The van der Waals surface area contributed by atoms with Crippen LogP contribution in [0.4, 0.5) is 10.9 Å². The van der Waals surface area contributed by atoms with Crippen LogP contribution in [0.3, 0.4) is 0 Å². The lowest BCUT2D eigenvalue weighted by atomic mass is 9.97. The van der Waals surface area contributed by atoms with E-state index in [4.69, 9.17) is 0 Å². The van der Waals surface area contributed by atoms with E-state index in [0.717, 1.165) is 40.9 Å². The molecule has 0 bridgehead atoms. The van der Waals surface area contributed by atoms with Gasteiger partial charge in [0.1, 0.15) is 0 Å². The number of nitrogens with zero attached hydrogens (tertiary/aromatic N) is 4. The number of hydrogen-bond acceptors (Lipinski definition) is 6. The zero-order valence-electron chi connectivity index (χ0n) is 15.7. The minimum Gasteiger partial charge on any atom is -0.317 e. The number of anilines is 2. The molecule has 1 saturated heterocycles. The third-order valence-electron chi connectivity index (χ3n) is 5.23. The maximum absolute atomic E-state index is 4.66. The Labute approximate surface area is 167 Å². The quantitative estimate of drug-likeness (QED) is 0.542. The first kappa shape index (κ1) is 17.3. The highest BCUT2D eigenvalue weighted by atomic mass is 32.1. The summed E-state index contributed by atoms with van der Waals surface area (Å²) in [7, 11) is 0. The van der Waals surface area contributed by atoms with Gasteiger partial charge in [0.2, 0.25) is 0 Å². The molecule has 1 aromatic carbocycles. The molecule has 0 amide bonds. The van der Waals surface area contributed by atoms with Crippen molar-refractivity contribution in [3.8, 4) is 11.3 Å². The van der Waals surface area contributed by atoms with Crippen molar-refractivity contribution in [3.05, 3.63) is 59.5 Å². The smallest absolute Gasteiger partial charge is 0.188 e. The van der Waals surface area contributed by atoms with E-state index in [2.05, 4.69) is 61.2 Å². The summed E-state index contributed by atoms with van der Waals surface area (Å²) in [4.78, 5) is 15.1. The van der Waals surface area contributed by atoms with Gasteiger partial charge < -0.3 is 10.6 Å². The molecule has 7 heteroatoms. The molecule has 2 N–H and O–H groups in total. The van der Waals surface area contributed by atoms with Crippen LogP contribution in [0.5, 0.6) is 0 Å². The number of imidazole rings is 1. The monoisotopic (exact) mass is 390 g/mol. The van der Waals surface area contributed by atoms with Crippen molar-refractivity contribution >= 4 is 27.9 Å². The molecule has 3 aromatic heterocycles. The molecule has 0 spiro atoms. The molecule has 0 saturated carbocycles. The lowest BCUT2D eigenvalue weighted by Crippen LogP contribution is -2.26. The van der Waals surface area contributed by atoms with Crippen LogP contribution >= 0.6 is 11.3 Å². The minimum absolute atomic E-state index is 0.609. The maximum Gasteiger partial charge on any atom is 0.188 e. The van der Waals surface area contributed by atoms with Gasteiger partial charge in [0.05, 0.1) is 11.9 Å². The van der Waals surface area contributed by atoms with Gasteiger partial charge in [0.15, 0.2) is 16.6 Å². The Kier molecular flexibility index (Phi) is 4.54. The largest absolute Gasteiger partial charge is 0.317 e.